The predicted octanol–water partition coefficient (Wildman–Crippen LogP) is 4.54. The van der Waals surface area contributed by atoms with E-state index in [-0.39, 0.29) is 18.6 Å². The van der Waals surface area contributed by atoms with Crippen LogP contribution in [0.1, 0.15) is 47.6 Å². The van der Waals surface area contributed by atoms with Crippen molar-refractivity contribution in [2.75, 3.05) is 19.9 Å². The van der Waals surface area contributed by atoms with E-state index in [1.807, 2.05) is 41.6 Å². The van der Waals surface area contributed by atoms with Crippen molar-refractivity contribution in [1.82, 2.24) is 19.9 Å². The Morgan fingerprint density at radius 2 is 2.09 bits per heavy atom. The van der Waals surface area contributed by atoms with Crippen LogP contribution in [0.3, 0.4) is 0 Å². The van der Waals surface area contributed by atoms with Crippen molar-refractivity contribution in [3.05, 3.63) is 71.3 Å². The minimum Gasteiger partial charge on any atom is -0.454 e. The highest BCUT2D eigenvalue weighted by Gasteiger charge is 2.27. The minimum absolute atomic E-state index is 0.195. The van der Waals surface area contributed by atoms with Gasteiger partial charge in [0.2, 0.25) is 12.7 Å². The maximum Gasteiger partial charge on any atom is 0.231 e. The molecule has 1 saturated heterocycles. The molecule has 1 aromatic carbocycles. The molecule has 0 bridgehead atoms. The van der Waals surface area contributed by atoms with Gasteiger partial charge in [0.25, 0.3) is 0 Å². The molecule has 0 N–H and O–H groups in total. The third kappa shape index (κ3) is 5.33. The highest BCUT2D eigenvalue weighted by molar-refractivity contribution is 7.98. The van der Waals surface area contributed by atoms with E-state index in [9.17, 15) is 4.79 Å². The summed E-state index contributed by atoms with van der Waals surface area (Å²) in [6, 6.07) is 9.90. The molecule has 34 heavy (non-hydrogen) atoms. The highest BCUT2D eigenvalue weighted by atomic mass is 32.2. The minimum atomic E-state index is 0.195. The van der Waals surface area contributed by atoms with Gasteiger partial charge in [0, 0.05) is 49.8 Å². The molecule has 0 aliphatic carbocycles. The molecule has 7 nitrogen and oxygen atoms in total. The number of carbonyl (C=O) groups excluding carboxylic acids is 1. The Balaban J connectivity index is 1.20. The molecule has 1 unspecified atom stereocenters. The summed E-state index contributed by atoms with van der Waals surface area (Å²) < 4.78 is 10.8. The standard InChI is InChI=1S/C26H28N4O3S/c1-18-13-28-26(34-16-20-4-2-10-27-14-20)29-25(18)21-5-3-11-30(15-21)24(31)9-7-19-6-8-22-23(12-19)33-17-32-22/h2,4,6,8,10,12-14,21H,3,5,7,9,11,15-17H2,1H3. The quantitative estimate of drug-likeness (QED) is 0.366. The first kappa shape index (κ1) is 22.7. The number of thioether (sulfide) groups is 1. The summed E-state index contributed by atoms with van der Waals surface area (Å²) in [6.45, 7) is 3.85. The highest BCUT2D eigenvalue weighted by Crippen LogP contribution is 2.33. The summed E-state index contributed by atoms with van der Waals surface area (Å²) in [5.41, 5.74) is 4.39. The lowest BCUT2D eigenvalue weighted by molar-refractivity contribution is -0.132. The second-order valence-corrected chi connectivity index (χ2v) is 9.68. The van der Waals surface area contributed by atoms with Gasteiger partial charge in [-0.1, -0.05) is 23.9 Å². The van der Waals surface area contributed by atoms with Gasteiger partial charge < -0.3 is 14.4 Å². The van der Waals surface area contributed by atoms with Gasteiger partial charge in [0.1, 0.15) is 0 Å². The van der Waals surface area contributed by atoms with Crippen molar-refractivity contribution < 1.29 is 14.3 Å². The van der Waals surface area contributed by atoms with E-state index < -0.39 is 0 Å². The first-order valence-electron chi connectivity index (χ1n) is 11.7. The molecular weight excluding hydrogens is 448 g/mol. The van der Waals surface area contributed by atoms with Crippen LogP contribution in [0.2, 0.25) is 0 Å². The molecule has 2 aromatic heterocycles. The molecule has 8 heteroatoms. The van der Waals surface area contributed by atoms with Gasteiger partial charge in [0.15, 0.2) is 16.7 Å². The average molecular weight is 477 g/mol. The summed E-state index contributed by atoms with van der Waals surface area (Å²) in [5.74, 6) is 2.75. The molecule has 1 fully saturated rings. The number of ether oxygens (including phenoxy) is 2. The van der Waals surface area contributed by atoms with Crippen LogP contribution in [-0.4, -0.2) is 45.6 Å². The van der Waals surface area contributed by atoms with E-state index in [1.165, 1.54) is 0 Å². The van der Waals surface area contributed by atoms with Crippen LogP contribution in [0, 0.1) is 6.92 Å². The molecule has 4 heterocycles. The largest absolute Gasteiger partial charge is 0.454 e. The zero-order valence-corrected chi connectivity index (χ0v) is 20.1. The van der Waals surface area contributed by atoms with Crippen molar-refractivity contribution in [3.8, 4) is 11.5 Å². The summed E-state index contributed by atoms with van der Waals surface area (Å²) >= 11 is 1.62. The molecule has 0 radical (unpaired) electrons. The van der Waals surface area contributed by atoms with E-state index >= 15 is 0 Å². The third-order valence-corrected chi connectivity index (χ3v) is 7.24. The summed E-state index contributed by atoms with van der Waals surface area (Å²) in [4.78, 5) is 28.6. The number of hydrogen-bond donors (Lipinski definition) is 0. The van der Waals surface area contributed by atoms with Crippen LogP contribution in [-0.2, 0) is 17.0 Å². The number of pyridine rings is 1. The molecule has 1 amide bonds. The monoisotopic (exact) mass is 476 g/mol. The Kier molecular flexibility index (Phi) is 6.94. The SMILES string of the molecule is Cc1cnc(SCc2cccnc2)nc1C1CCCN(C(=O)CCc2ccc3c(c2)OCO3)C1. The van der Waals surface area contributed by atoms with Crippen LogP contribution in [0.5, 0.6) is 11.5 Å². The summed E-state index contributed by atoms with van der Waals surface area (Å²) in [7, 11) is 0. The predicted molar refractivity (Wildman–Crippen MR) is 130 cm³/mol. The maximum absolute atomic E-state index is 13.0. The lowest BCUT2D eigenvalue weighted by Gasteiger charge is -2.33. The van der Waals surface area contributed by atoms with E-state index in [0.29, 0.717) is 19.4 Å². The van der Waals surface area contributed by atoms with E-state index in [0.717, 1.165) is 64.2 Å². The van der Waals surface area contributed by atoms with Crippen molar-refractivity contribution in [3.63, 3.8) is 0 Å². The van der Waals surface area contributed by atoms with Gasteiger partial charge in [-0.05, 0) is 61.1 Å². The Morgan fingerprint density at radius 3 is 2.97 bits per heavy atom. The number of likely N-dealkylation sites (tertiary alicyclic amines) is 1. The molecule has 1 atom stereocenters. The molecule has 2 aliphatic rings. The number of fused-ring (bicyclic) bond motifs is 1. The van der Waals surface area contributed by atoms with Gasteiger partial charge in [-0.15, -0.1) is 0 Å². The summed E-state index contributed by atoms with van der Waals surface area (Å²) in [5, 5.41) is 0.774. The Hall–Kier alpha value is -3.13. The van der Waals surface area contributed by atoms with Crippen molar-refractivity contribution in [2.45, 2.75) is 49.4 Å². The van der Waals surface area contributed by atoms with Crippen LogP contribution in [0.25, 0.3) is 0 Å². The number of nitrogens with zero attached hydrogens (tertiary/aromatic N) is 4. The lowest BCUT2D eigenvalue weighted by Crippen LogP contribution is -2.39. The van der Waals surface area contributed by atoms with Gasteiger partial charge in [-0.2, -0.15) is 0 Å². The third-order valence-electron chi connectivity index (χ3n) is 6.30. The average Bonchev–Trinajstić information content (AvgIpc) is 3.35. The molecule has 0 spiro atoms. The fraction of sp³-hybridized carbons (Fsp3) is 0.385. The number of benzene rings is 1. The van der Waals surface area contributed by atoms with Gasteiger partial charge >= 0.3 is 0 Å². The normalized spacial score (nSPS) is 17.1. The van der Waals surface area contributed by atoms with Crippen LogP contribution >= 0.6 is 11.8 Å². The number of amides is 1. The zero-order valence-electron chi connectivity index (χ0n) is 19.3. The fourth-order valence-electron chi connectivity index (χ4n) is 4.49. The second kappa shape index (κ2) is 10.4. The fourth-order valence-corrected chi connectivity index (χ4v) is 5.24. The number of hydrogen-bond acceptors (Lipinski definition) is 7. The van der Waals surface area contributed by atoms with Crippen molar-refractivity contribution >= 4 is 17.7 Å². The smallest absolute Gasteiger partial charge is 0.231 e. The van der Waals surface area contributed by atoms with Gasteiger partial charge in [0.05, 0.1) is 5.69 Å². The number of carbonyl (C=O) groups is 1. The Morgan fingerprint density at radius 1 is 1.18 bits per heavy atom. The topological polar surface area (TPSA) is 77.4 Å². The van der Waals surface area contributed by atoms with Crippen molar-refractivity contribution in [1.29, 1.82) is 0 Å². The molecule has 0 saturated carbocycles. The first-order valence-corrected chi connectivity index (χ1v) is 12.7. The van der Waals surface area contributed by atoms with Crippen LogP contribution < -0.4 is 9.47 Å². The lowest BCUT2D eigenvalue weighted by atomic mass is 9.92. The number of piperidine rings is 1. The summed E-state index contributed by atoms with van der Waals surface area (Å²) in [6.07, 6.45) is 8.77. The molecule has 176 valence electrons. The maximum atomic E-state index is 13.0. The van der Waals surface area contributed by atoms with E-state index in [1.54, 1.807) is 18.0 Å². The molecule has 2 aliphatic heterocycles. The molecule has 5 rings (SSSR count). The number of aromatic nitrogens is 3. The number of rotatable bonds is 7. The zero-order chi connectivity index (χ0) is 23.3. The van der Waals surface area contributed by atoms with Crippen molar-refractivity contribution in [2.24, 2.45) is 0 Å². The van der Waals surface area contributed by atoms with Crippen LogP contribution in [0.4, 0.5) is 0 Å². The van der Waals surface area contributed by atoms with E-state index in [4.69, 9.17) is 14.5 Å². The number of aryl methyl sites for hydroxylation is 2. The molecule has 3 aromatic rings. The van der Waals surface area contributed by atoms with Crippen LogP contribution in [0.15, 0.2) is 54.1 Å². The first-order chi connectivity index (χ1) is 16.7. The second-order valence-electron chi connectivity index (χ2n) is 8.74. The van der Waals surface area contributed by atoms with Gasteiger partial charge in [-0.25, -0.2) is 9.97 Å². The van der Waals surface area contributed by atoms with E-state index in [2.05, 4.69) is 23.0 Å². The van der Waals surface area contributed by atoms with Gasteiger partial charge in [-0.3, -0.25) is 9.78 Å². The Bertz CT molecular complexity index is 1160. The molecular formula is C26H28N4O3S. The Labute approximate surface area is 203 Å².